The topological polar surface area (TPSA) is 34.4 Å². The molecule has 0 atom stereocenters. The van der Waals surface area contributed by atoms with Crippen molar-refractivity contribution in [2.75, 3.05) is 0 Å². The molecular formula is C17H15FN2OS. The molecule has 3 nitrogen and oxygen atoms in total. The molecule has 0 aliphatic heterocycles. The van der Waals surface area contributed by atoms with Crippen molar-refractivity contribution >= 4 is 27.5 Å². The summed E-state index contributed by atoms with van der Waals surface area (Å²) in [5.41, 5.74) is 3.38. The number of hydrogen-bond donors (Lipinski definition) is 0. The van der Waals surface area contributed by atoms with Crippen LogP contribution in [-0.4, -0.2) is 10.5 Å². The van der Waals surface area contributed by atoms with E-state index in [0.29, 0.717) is 10.4 Å². The molecule has 3 rings (SSSR count). The molecule has 112 valence electrons. The monoisotopic (exact) mass is 314 g/mol. The van der Waals surface area contributed by atoms with E-state index in [4.69, 9.17) is 0 Å². The first-order valence-electron chi connectivity index (χ1n) is 6.87. The lowest BCUT2D eigenvalue weighted by molar-refractivity contribution is 0.0997. The number of thiazole rings is 1. The summed E-state index contributed by atoms with van der Waals surface area (Å²) in [6.07, 6.45) is 0. The molecule has 0 fully saturated rings. The van der Waals surface area contributed by atoms with Crippen molar-refractivity contribution in [3.05, 3.63) is 63.7 Å². The summed E-state index contributed by atoms with van der Waals surface area (Å²) in [6, 6.07) is 10.3. The van der Waals surface area contributed by atoms with Crippen molar-refractivity contribution in [3.63, 3.8) is 0 Å². The van der Waals surface area contributed by atoms with Gasteiger partial charge in [-0.1, -0.05) is 29.0 Å². The van der Waals surface area contributed by atoms with Gasteiger partial charge in [0.1, 0.15) is 5.82 Å². The summed E-state index contributed by atoms with van der Waals surface area (Å²) in [4.78, 5) is 17.2. The minimum Gasteiger partial charge on any atom is -0.319 e. The van der Waals surface area contributed by atoms with Gasteiger partial charge in [0.15, 0.2) is 4.80 Å². The van der Waals surface area contributed by atoms with Crippen LogP contribution < -0.4 is 4.80 Å². The van der Waals surface area contributed by atoms with E-state index in [0.717, 1.165) is 21.3 Å². The fourth-order valence-electron chi connectivity index (χ4n) is 2.33. The van der Waals surface area contributed by atoms with Crippen molar-refractivity contribution in [2.45, 2.75) is 13.8 Å². The average molecular weight is 314 g/mol. The molecule has 0 radical (unpaired) electrons. The van der Waals surface area contributed by atoms with Crippen LogP contribution in [-0.2, 0) is 7.05 Å². The number of amides is 1. The van der Waals surface area contributed by atoms with Crippen LogP contribution >= 0.6 is 11.3 Å². The summed E-state index contributed by atoms with van der Waals surface area (Å²) in [5, 5.41) is 0. The number of carbonyl (C=O) groups is 1. The normalized spacial score (nSPS) is 12.1. The van der Waals surface area contributed by atoms with E-state index in [1.54, 1.807) is 6.07 Å². The lowest BCUT2D eigenvalue weighted by Crippen LogP contribution is -2.13. The van der Waals surface area contributed by atoms with E-state index in [-0.39, 0.29) is 11.7 Å². The number of fused-ring (bicyclic) bond motifs is 1. The lowest BCUT2D eigenvalue weighted by atomic mass is 10.1. The minimum absolute atomic E-state index is 0.274. The van der Waals surface area contributed by atoms with Crippen molar-refractivity contribution in [2.24, 2.45) is 12.0 Å². The molecule has 0 spiro atoms. The number of aryl methyl sites for hydroxylation is 3. The molecule has 0 aliphatic carbocycles. The van der Waals surface area contributed by atoms with E-state index in [1.165, 1.54) is 23.5 Å². The first kappa shape index (κ1) is 14.7. The molecule has 0 saturated heterocycles. The van der Waals surface area contributed by atoms with Gasteiger partial charge < -0.3 is 4.57 Å². The Morgan fingerprint density at radius 3 is 2.73 bits per heavy atom. The Hall–Kier alpha value is -2.27. The quantitative estimate of drug-likeness (QED) is 0.674. The number of halogens is 1. The van der Waals surface area contributed by atoms with Gasteiger partial charge in [-0.3, -0.25) is 4.79 Å². The summed E-state index contributed by atoms with van der Waals surface area (Å²) in [6.45, 7) is 3.83. The van der Waals surface area contributed by atoms with Crippen LogP contribution in [0.5, 0.6) is 0 Å². The van der Waals surface area contributed by atoms with Crippen molar-refractivity contribution in [1.29, 1.82) is 0 Å². The number of nitrogens with zero attached hydrogens (tertiary/aromatic N) is 2. The predicted molar refractivity (Wildman–Crippen MR) is 86.6 cm³/mol. The largest absolute Gasteiger partial charge is 0.319 e. The van der Waals surface area contributed by atoms with E-state index in [9.17, 15) is 9.18 Å². The maximum atomic E-state index is 13.3. The van der Waals surface area contributed by atoms with Crippen molar-refractivity contribution in [1.82, 2.24) is 4.57 Å². The van der Waals surface area contributed by atoms with Gasteiger partial charge in [0.05, 0.1) is 10.2 Å². The zero-order valence-electron chi connectivity index (χ0n) is 12.6. The Morgan fingerprint density at radius 1 is 1.18 bits per heavy atom. The fraction of sp³-hybridized carbons (Fsp3) is 0.176. The highest BCUT2D eigenvalue weighted by Gasteiger charge is 2.10. The lowest BCUT2D eigenvalue weighted by Gasteiger charge is -2.02. The summed E-state index contributed by atoms with van der Waals surface area (Å²) >= 11 is 1.31. The van der Waals surface area contributed by atoms with Gasteiger partial charge in [0.25, 0.3) is 5.91 Å². The molecule has 22 heavy (non-hydrogen) atoms. The number of benzene rings is 2. The molecule has 1 aromatic heterocycles. The molecular weight excluding hydrogens is 299 g/mol. The van der Waals surface area contributed by atoms with Gasteiger partial charge in [-0.15, -0.1) is 0 Å². The van der Waals surface area contributed by atoms with Crippen molar-refractivity contribution in [3.8, 4) is 0 Å². The van der Waals surface area contributed by atoms with Gasteiger partial charge in [0, 0.05) is 12.6 Å². The van der Waals surface area contributed by atoms with Gasteiger partial charge in [-0.05, 0) is 43.7 Å². The van der Waals surface area contributed by atoms with Gasteiger partial charge in [-0.2, -0.15) is 4.99 Å². The second kappa shape index (κ2) is 5.50. The zero-order chi connectivity index (χ0) is 15.9. The maximum Gasteiger partial charge on any atom is 0.279 e. The highest BCUT2D eigenvalue weighted by Crippen LogP contribution is 2.18. The molecule has 0 bridgehead atoms. The predicted octanol–water partition coefficient (Wildman–Crippen LogP) is 3.74. The molecule has 0 saturated carbocycles. The summed E-state index contributed by atoms with van der Waals surface area (Å²) < 4.78 is 15.9. The Kier molecular flexibility index (Phi) is 3.66. The van der Waals surface area contributed by atoms with Crippen molar-refractivity contribution < 1.29 is 9.18 Å². The molecule has 2 aromatic carbocycles. The fourth-order valence-corrected chi connectivity index (χ4v) is 3.37. The summed E-state index contributed by atoms with van der Waals surface area (Å²) in [5.74, 6) is -0.564. The molecule has 0 unspecified atom stereocenters. The molecule has 0 aliphatic rings. The zero-order valence-corrected chi connectivity index (χ0v) is 13.4. The van der Waals surface area contributed by atoms with Crippen LogP contribution in [0.3, 0.4) is 0 Å². The second-order valence-electron chi connectivity index (χ2n) is 5.29. The number of carbonyl (C=O) groups excluding carboxylic acids is 1. The molecule has 1 heterocycles. The highest BCUT2D eigenvalue weighted by atomic mass is 32.1. The Bertz CT molecular complexity index is 953. The molecule has 0 N–H and O–H groups in total. The van der Waals surface area contributed by atoms with Gasteiger partial charge >= 0.3 is 0 Å². The summed E-state index contributed by atoms with van der Waals surface area (Å²) in [7, 11) is 1.83. The first-order chi connectivity index (χ1) is 10.5. The van der Waals surface area contributed by atoms with Crippen LogP contribution in [0.4, 0.5) is 4.39 Å². The van der Waals surface area contributed by atoms with Crippen LogP contribution in [0.15, 0.2) is 41.4 Å². The minimum atomic E-state index is -0.290. The SMILES string of the molecule is Cc1ccc(C)c(C(=O)N=c2sc3cc(F)ccc3n2C)c1. The first-order valence-corrected chi connectivity index (χ1v) is 7.69. The maximum absolute atomic E-state index is 13.3. The van der Waals surface area contributed by atoms with Crippen LogP contribution in [0, 0.1) is 19.7 Å². The van der Waals surface area contributed by atoms with Crippen LogP contribution in [0.2, 0.25) is 0 Å². The number of aromatic nitrogens is 1. The van der Waals surface area contributed by atoms with Gasteiger partial charge in [0.2, 0.25) is 0 Å². The van der Waals surface area contributed by atoms with Crippen LogP contribution in [0.25, 0.3) is 10.2 Å². The number of hydrogen-bond acceptors (Lipinski definition) is 2. The van der Waals surface area contributed by atoms with Crippen LogP contribution in [0.1, 0.15) is 21.5 Å². The average Bonchev–Trinajstić information content (AvgIpc) is 2.77. The van der Waals surface area contributed by atoms with E-state index < -0.39 is 0 Å². The molecule has 1 amide bonds. The molecule has 5 heteroatoms. The Labute approximate surface area is 131 Å². The number of rotatable bonds is 1. The standard InChI is InChI=1S/C17H15FN2OS/c1-10-4-5-11(2)13(8-10)16(21)19-17-20(3)14-7-6-12(18)9-15(14)22-17/h4-9H,1-3H3. The molecule has 3 aromatic rings. The van der Waals surface area contributed by atoms with Gasteiger partial charge in [-0.25, -0.2) is 4.39 Å². The smallest absolute Gasteiger partial charge is 0.279 e. The van der Waals surface area contributed by atoms with E-state index >= 15 is 0 Å². The third-order valence-corrected chi connectivity index (χ3v) is 4.69. The third-order valence-electron chi connectivity index (χ3n) is 3.59. The second-order valence-corrected chi connectivity index (χ2v) is 6.30. The third kappa shape index (κ3) is 2.60. The highest BCUT2D eigenvalue weighted by molar-refractivity contribution is 7.16. The van der Waals surface area contributed by atoms with E-state index in [2.05, 4.69) is 4.99 Å². The van der Waals surface area contributed by atoms with E-state index in [1.807, 2.05) is 43.7 Å². The Morgan fingerprint density at radius 2 is 1.95 bits per heavy atom. The Balaban J connectivity index is 2.14.